The van der Waals surface area contributed by atoms with E-state index in [0.717, 1.165) is 24.3 Å². The minimum absolute atomic E-state index is 0.0253. The van der Waals surface area contributed by atoms with E-state index in [9.17, 15) is 52.7 Å². The molecule has 0 bridgehead atoms. The molecule has 174 valence electrons. The molecule has 31 heavy (non-hydrogen) atoms. The average molecular weight is 476 g/mol. The molecule has 0 amide bonds. The van der Waals surface area contributed by atoms with Gasteiger partial charge < -0.3 is 0 Å². The number of fused-ring (bicyclic) bond motifs is 3. The van der Waals surface area contributed by atoms with E-state index in [0.29, 0.717) is 0 Å². The fraction of sp³-hybridized carbons (Fsp3) is 0.600. The van der Waals surface area contributed by atoms with Crippen molar-refractivity contribution in [2.45, 2.75) is 41.9 Å². The van der Waals surface area contributed by atoms with Crippen LogP contribution < -0.4 is 9.80 Å². The van der Waals surface area contributed by atoms with Crippen molar-refractivity contribution in [3.8, 4) is 0 Å². The zero-order chi connectivity index (χ0) is 23.5. The average Bonchev–Trinajstić information content (AvgIpc) is 3.16. The second-order valence-electron chi connectivity index (χ2n) is 7.06. The Morgan fingerprint density at radius 2 is 0.871 bits per heavy atom. The van der Waals surface area contributed by atoms with Gasteiger partial charge in [0.25, 0.3) is 11.2 Å². The van der Waals surface area contributed by atoms with Gasteiger partial charge in [-0.25, -0.2) is 0 Å². The number of benzene rings is 1. The molecule has 0 saturated carbocycles. The van der Waals surface area contributed by atoms with Crippen molar-refractivity contribution >= 4 is 11.4 Å². The maximum absolute atomic E-state index is 13.5. The lowest BCUT2D eigenvalue weighted by Gasteiger charge is -2.37. The summed E-state index contributed by atoms with van der Waals surface area (Å²) in [4.78, 5) is -0.0505. The highest BCUT2D eigenvalue weighted by atomic mass is 19.4. The number of rotatable bonds is 0. The molecular formula is C15H8F12N2O2. The molecule has 1 aromatic rings. The van der Waals surface area contributed by atoms with E-state index in [4.69, 9.17) is 0 Å². The minimum atomic E-state index is -6.25. The second kappa shape index (κ2) is 5.63. The molecule has 0 aliphatic carbocycles. The predicted molar refractivity (Wildman–Crippen MR) is 75.7 cm³/mol. The number of alkyl halides is 12. The lowest BCUT2D eigenvalue weighted by atomic mass is 10.0. The third kappa shape index (κ3) is 2.48. The van der Waals surface area contributed by atoms with Crippen LogP contribution in [-0.4, -0.2) is 55.0 Å². The van der Waals surface area contributed by atoms with Gasteiger partial charge in [0.2, 0.25) is 0 Å². The van der Waals surface area contributed by atoms with Crippen LogP contribution in [0.2, 0.25) is 0 Å². The molecule has 0 radical (unpaired) electrons. The number of hydrogen-bond donors (Lipinski definition) is 0. The topological polar surface area (TPSA) is 24.9 Å². The number of anilines is 2. The van der Waals surface area contributed by atoms with Crippen LogP contribution >= 0.6 is 0 Å². The molecule has 2 saturated heterocycles. The molecule has 1 aromatic carbocycles. The van der Waals surface area contributed by atoms with E-state index in [-0.39, 0.29) is 9.80 Å². The molecule has 3 heterocycles. The van der Waals surface area contributed by atoms with Gasteiger partial charge in [0.1, 0.15) is 0 Å². The Bertz CT molecular complexity index is 802. The van der Waals surface area contributed by atoms with E-state index in [1.807, 2.05) is 0 Å². The zero-order valence-electron chi connectivity index (χ0n) is 14.5. The number of hydrogen-bond acceptors (Lipinski definition) is 4. The van der Waals surface area contributed by atoms with E-state index in [2.05, 4.69) is 9.47 Å². The molecule has 16 heteroatoms. The Morgan fingerprint density at radius 1 is 0.581 bits per heavy atom. The summed E-state index contributed by atoms with van der Waals surface area (Å²) in [5.74, 6) is 0. The lowest BCUT2D eigenvalue weighted by molar-refractivity contribution is -0.434. The van der Waals surface area contributed by atoms with Crippen molar-refractivity contribution in [1.29, 1.82) is 0 Å². The number of para-hydroxylation sites is 2. The molecule has 0 N–H and O–H groups in total. The van der Waals surface area contributed by atoms with Gasteiger partial charge in [0.15, 0.2) is 0 Å². The summed E-state index contributed by atoms with van der Waals surface area (Å²) in [7, 11) is 0. The first-order chi connectivity index (χ1) is 13.8. The van der Waals surface area contributed by atoms with Gasteiger partial charge in [0.05, 0.1) is 24.5 Å². The fourth-order valence-electron chi connectivity index (χ4n) is 3.86. The Balaban J connectivity index is 1.97. The Hall–Kier alpha value is -2.10. The van der Waals surface area contributed by atoms with Gasteiger partial charge in [-0.05, 0) is 12.1 Å². The molecule has 0 aromatic heterocycles. The summed E-state index contributed by atoms with van der Waals surface area (Å²) in [6.07, 6.45) is -25.0. The summed E-state index contributed by atoms with van der Waals surface area (Å²) >= 11 is 0. The van der Waals surface area contributed by atoms with Gasteiger partial charge in [-0.3, -0.25) is 19.3 Å². The van der Waals surface area contributed by atoms with Crippen LogP contribution in [0.5, 0.6) is 0 Å². The Kier molecular flexibility index (Phi) is 4.01. The molecule has 0 unspecified atom stereocenters. The summed E-state index contributed by atoms with van der Waals surface area (Å²) < 4.78 is 170. The van der Waals surface area contributed by atoms with Gasteiger partial charge in [-0.2, -0.15) is 52.7 Å². The van der Waals surface area contributed by atoms with E-state index < -0.39 is 66.4 Å². The van der Waals surface area contributed by atoms with Crippen molar-refractivity contribution in [2.75, 3.05) is 22.9 Å². The lowest BCUT2D eigenvalue weighted by Crippen LogP contribution is -2.62. The highest BCUT2D eigenvalue weighted by Crippen LogP contribution is 2.65. The van der Waals surface area contributed by atoms with Crippen molar-refractivity contribution in [1.82, 2.24) is 0 Å². The first kappa shape index (κ1) is 22.1. The number of halogens is 12. The van der Waals surface area contributed by atoms with Crippen LogP contribution in [0.1, 0.15) is 0 Å². The first-order valence-corrected chi connectivity index (χ1v) is 8.15. The highest BCUT2D eigenvalue weighted by molar-refractivity contribution is 5.80. The standard InChI is InChI=1S/C15H8F12N2O2/c16-11(17,18)9(12(19,20)21)5-28-7-3-1-2-4-8(7)29-6-10(13(22,23)24,14(25,26)27)31-15(28,29)30-9/h1-4H,5-6H2. The minimum Gasteiger partial charge on any atom is -0.296 e. The summed E-state index contributed by atoms with van der Waals surface area (Å²) in [5.41, 5.74) is -11.3. The predicted octanol–water partition coefficient (Wildman–Crippen LogP) is 4.71. The normalized spacial score (nSPS) is 24.3. The number of nitrogens with zero attached hydrogens (tertiary/aromatic N) is 2. The van der Waals surface area contributed by atoms with Crippen LogP contribution in [-0.2, 0) is 9.47 Å². The maximum atomic E-state index is 13.5. The van der Waals surface area contributed by atoms with Crippen molar-refractivity contribution < 1.29 is 62.2 Å². The monoisotopic (exact) mass is 476 g/mol. The van der Waals surface area contributed by atoms with Crippen LogP contribution in [0.4, 0.5) is 64.1 Å². The van der Waals surface area contributed by atoms with Crippen LogP contribution in [0.15, 0.2) is 24.3 Å². The summed E-state index contributed by atoms with van der Waals surface area (Å²) in [6.45, 7) is -4.36. The quantitative estimate of drug-likeness (QED) is 0.507. The highest BCUT2D eigenvalue weighted by Gasteiger charge is 2.88. The van der Waals surface area contributed by atoms with Gasteiger partial charge in [-0.15, -0.1) is 0 Å². The van der Waals surface area contributed by atoms with Crippen LogP contribution in [0, 0.1) is 0 Å². The maximum Gasteiger partial charge on any atom is 0.428 e. The fourth-order valence-corrected chi connectivity index (χ4v) is 3.86. The Morgan fingerprint density at radius 3 is 1.13 bits per heavy atom. The molecule has 3 aliphatic rings. The van der Waals surface area contributed by atoms with Crippen LogP contribution in [0.25, 0.3) is 0 Å². The SMILES string of the molecule is FC(F)(F)C1(C(F)(F)F)CN2c3ccccc3N3CC(C(F)(F)F)(C(F)(F)F)OC23O1. The van der Waals surface area contributed by atoms with Crippen molar-refractivity contribution in [3.63, 3.8) is 0 Å². The second-order valence-corrected chi connectivity index (χ2v) is 7.06. The molecular weight excluding hydrogens is 468 g/mol. The van der Waals surface area contributed by atoms with E-state index in [1.165, 1.54) is 0 Å². The summed E-state index contributed by atoms with van der Waals surface area (Å²) in [6, 6.07) is 0.300. The van der Waals surface area contributed by atoms with E-state index >= 15 is 0 Å². The molecule has 1 spiro atoms. The smallest absolute Gasteiger partial charge is 0.296 e. The molecule has 3 aliphatic heterocycles. The van der Waals surface area contributed by atoms with Crippen LogP contribution in [0.3, 0.4) is 0 Å². The third-order valence-electron chi connectivity index (χ3n) is 5.35. The molecule has 4 rings (SSSR count). The van der Waals surface area contributed by atoms with Gasteiger partial charge >= 0.3 is 30.7 Å². The van der Waals surface area contributed by atoms with Gasteiger partial charge in [0, 0.05) is 0 Å². The first-order valence-electron chi connectivity index (χ1n) is 8.15. The van der Waals surface area contributed by atoms with Crippen molar-refractivity contribution in [2.24, 2.45) is 0 Å². The zero-order valence-corrected chi connectivity index (χ0v) is 14.5. The summed E-state index contributed by atoms with van der Waals surface area (Å²) in [5, 5.41) is 0. The van der Waals surface area contributed by atoms with Crippen molar-refractivity contribution in [3.05, 3.63) is 24.3 Å². The largest absolute Gasteiger partial charge is 0.428 e. The Labute approximate surface area is 163 Å². The third-order valence-corrected chi connectivity index (χ3v) is 5.35. The van der Waals surface area contributed by atoms with Gasteiger partial charge in [-0.1, -0.05) is 12.1 Å². The molecule has 2 fully saturated rings. The molecule has 4 nitrogen and oxygen atoms in total. The number of ether oxygens (including phenoxy) is 2. The van der Waals surface area contributed by atoms with E-state index in [1.54, 1.807) is 0 Å². The molecule has 0 atom stereocenters.